The third-order valence-corrected chi connectivity index (χ3v) is 1.63. The molecule has 0 bridgehead atoms. The second kappa shape index (κ2) is 2.01. The van der Waals surface area contributed by atoms with E-state index in [9.17, 15) is 0 Å². The normalized spacial score (nSPS) is 36.8. The van der Waals surface area contributed by atoms with Crippen molar-refractivity contribution >= 4 is 0 Å². The van der Waals surface area contributed by atoms with Gasteiger partial charge >= 0.3 is 0 Å². The van der Waals surface area contributed by atoms with Crippen molar-refractivity contribution in [1.29, 1.82) is 0 Å². The van der Waals surface area contributed by atoms with Crippen LogP contribution in [0.4, 0.5) is 0 Å². The second-order valence-electron chi connectivity index (χ2n) is 2.14. The summed E-state index contributed by atoms with van der Waals surface area (Å²) in [6, 6.07) is 0. The molecule has 0 aromatic rings. The van der Waals surface area contributed by atoms with Gasteiger partial charge in [0.25, 0.3) is 0 Å². The molecule has 0 saturated carbocycles. The molecule has 3 nitrogen and oxygen atoms in total. The van der Waals surface area contributed by atoms with E-state index >= 15 is 0 Å². The van der Waals surface area contributed by atoms with Gasteiger partial charge in [-0.25, -0.2) is 0 Å². The molecule has 1 saturated heterocycles. The zero-order chi connectivity index (χ0) is 6.04. The molecule has 1 heterocycles. The minimum Gasteiger partial charge on any atom is -0.393 e. The quantitative estimate of drug-likeness (QED) is 0.492. The summed E-state index contributed by atoms with van der Waals surface area (Å²) in [5, 5.41) is 8.63. The van der Waals surface area contributed by atoms with E-state index in [1.54, 1.807) is 0 Å². The first kappa shape index (κ1) is 6.01. The van der Waals surface area contributed by atoms with Gasteiger partial charge < -0.3 is 15.6 Å². The highest BCUT2D eigenvalue weighted by Crippen LogP contribution is 2.23. The first-order valence-electron chi connectivity index (χ1n) is 2.78. The van der Waals surface area contributed by atoms with Crippen LogP contribution in [-0.4, -0.2) is 30.5 Å². The van der Waals surface area contributed by atoms with Crippen molar-refractivity contribution in [2.75, 3.05) is 19.8 Å². The van der Waals surface area contributed by atoms with E-state index in [1.165, 1.54) is 0 Å². The standard InChI is InChI=1S/C5H11NO2/c6-3-5(4-7)1-2-8-5/h7H,1-4,6H2. The zero-order valence-electron chi connectivity index (χ0n) is 4.76. The Hall–Kier alpha value is -0.120. The molecular weight excluding hydrogens is 106 g/mol. The summed E-state index contributed by atoms with van der Waals surface area (Å²) in [7, 11) is 0. The molecule has 1 aliphatic heterocycles. The van der Waals surface area contributed by atoms with Crippen molar-refractivity contribution in [3.8, 4) is 0 Å². The number of nitrogens with two attached hydrogens (primary N) is 1. The average molecular weight is 117 g/mol. The highest BCUT2D eigenvalue weighted by molar-refractivity contribution is 4.87. The molecule has 0 aliphatic carbocycles. The zero-order valence-corrected chi connectivity index (χ0v) is 4.76. The molecular formula is C5H11NO2. The van der Waals surface area contributed by atoms with Crippen molar-refractivity contribution < 1.29 is 9.84 Å². The van der Waals surface area contributed by atoms with E-state index < -0.39 is 0 Å². The molecule has 48 valence electrons. The maximum Gasteiger partial charge on any atom is 0.105 e. The van der Waals surface area contributed by atoms with Gasteiger partial charge in [-0.3, -0.25) is 0 Å². The molecule has 0 aromatic carbocycles. The highest BCUT2D eigenvalue weighted by Gasteiger charge is 2.35. The predicted octanol–water partition coefficient (Wildman–Crippen LogP) is -0.904. The van der Waals surface area contributed by atoms with Gasteiger partial charge in [0.05, 0.1) is 13.2 Å². The third-order valence-electron chi connectivity index (χ3n) is 1.63. The topological polar surface area (TPSA) is 55.5 Å². The van der Waals surface area contributed by atoms with Crippen molar-refractivity contribution in [3.63, 3.8) is 0 Å². The SMILES string of the molecule is NCC1(CO)CCO1. The number of rotatable bonds is 2. The fraction of sp³-hybridized carbons (Fsp3) is 1.00. The lowest BCUT2D eigenvalue weighted by atomic mass is 9.96. The molecule has 1 atom stereocenters. The molecule has 1 unspecified atom stereocenters. The van der Waals surface area contributed by atoms with Crippen LogP contribution in [0.2, 0.25) is 0 Å². The largest absolute Gasteiger partial charge is 0.393 e. The van der Waals surface area contributed by atoms with Crippen LogP contribution in [0.15, 0.2) is 0 Å². The van der Waals surface area contributed by atoms with Gasteiger partial charge in [-0.1, -0.05) is 0 Å². The smallest absolute Gasteiger partial charge is 0.105 e. The second-order valence-corrected chi connectivity index (χ2v) is 2.14. The van der Waals surface area contributed by atoms with Crippen LogP contribution >= 0.6 is 0 Å². The molecule has 8 heavy (non-hydrogen) atoms. The van der Waals surface area contributed by atoms with Gasteiger partial charge in [-0.15, -0.1) is 0 Å². The van der Waals surface area contributed by atoms with Gasteiger partial charge in [0.1, 0.15) is 5.60 Å². The number of hydrogen-bond acceptors (Lipinski definition) is 3. The molecule has 0 amide bonds. The van der Waals surface area contributed by atoms with Crippen molar-refractivity contribution in [1.82, 2.24) is 0 Å². The summed E-state index contributed by atoms with van der Waals surface area (Å²) in [5.74, 6) is 0. The van der Waals surface area contributed by atoms with Gasteiger partial charge in [0.2, 0.25) is 0 Å². The lowest BCUT2D eigenvalue weighted by molar-refractivity contribution is -0.163. The number of aliphatic hydroxyl groups is 1. The van der Waals surface area contributed by atoms with E-state index in [0.29, 0.717) is 6.54 Å². The average Bonchev–Trinajstić information content (AvgIpc) is 1.67. The summed E-state index contributed by atoms with van der Waals surface area (Å²) >= 11 is 0. The minimum atomic E-state index is -0.361. The summed E-state index contributed by atoms with van der Waals surface area (Å²) in [6.45, 7) is 1.24. The molecule has 3 heteroatoms. The maximum absolute atomic E-state index is 8.63. The van der Waals surface area contributed by atoms with E-state index in [4.69, 9.17) is 15.6 Å². The summed E-state index contributed by atoms with van der Waals surface area (Å²) in [6.07, 6.45) is 0.903. The summed E-state index contributed by atoms with van der Waals surface area (Å²) in [4.78, 5) is 0. The Morgan fingerprint density at radius 3 is 2.38 bits per heavy atom. The van der Waals surface area contributed by atoms with E-state index in [0.717, 1.165) is 13.0 Å². The fourth-order valence-electron chi connectivity index (χ4n) is 0.741. The van der Waals surface area contributed by atoms with Crippen LogP contribution in [0.1, 0.15) is 6.42 Å². The molecule has 1 aliphatic rings. The van der Waals surface area contributed by atoms with Gasteiger partial charge in [-0.05, 0) is 0 Å². The van der Waals surface area contributed by atoms with E-state index in [1.807, 2.05) is 0 Å². The molecule has 0 radical (unpaired) electrons. The number of hydrogen-bond donors (Lipinski definition) is 2. The number of ether oxygens (including phenoxy) is 1. The summed E-state index contributed by atoms with van der Waals surface area (Å²) < 4.78 is 5.04. The summed E-state index contributed by atoms with van der Waals surface area (Å²) in [5.41, 5.74) is 4.93. The maximum atomic E-state index is 8.63. The van der Waals surface area contributed by atoms with Gasteiger partial charge in [-0.2, -0.15) is 0 Å². The first-order valence-corrected chi connectivity index (χ1v) is 2.78. The Labute approximate surface area is 48.4 Å². The monoisotopic (exact) mass is 117 g/mol. The van der Waals surface area contributed by atoms with Crippen molar-refractivity contribution in [3.05, 3.63) is 0 Å². The molecule has 3 N–H and O–H groups in total. The van der Waals surface area contributed by atoms with Crippen LogP contribution in [0.3, 0.4) is 0 Å². The Balaban J connectivity index is 2.33. The minimum absolute atomic E-state index is 0.0590. The van der Waals surface area contributed by atoms with E-state index in [2.05, 4.69) is 0 Å². The molecule has 0 spiro atoms. The Bertz CT molecular complexity index is 67.0. The van der Waals surface area contributed by atoms with E-state index in [-0.39, 0.29) is 12.2 Å². The Kier molecular flexibility index (Phi) is 1.51. The van der Waals surface area contributed by atoms with Crippen LogP contribution in [0.25, 0.3) is 0 Å². The lowest BCUT2D eigenvalue weighted by Gasteiger charge is -2.39. The lowest BCUT2D eigenvalue weighted by Crippen LogP contribution is -2.52. The number of aliphatic hydroxyl groups excluding tert-OH is 1. The van der Waals surface area contributed by atoms with Crippen molar-refractivity contribution in [2.24, 2.45) is 5.73 Å². The van der Waals surface area contributed by atoms with Crippen LogP contribution in [0.5, 0.6) is 0 Å². The Morgan fingerprint density at radius 2 is 2.38 bits per heavy atom. The predicted molar refractivity (Wildman–Crippen MR) is 29.4 cm³/mol. The van der Waals surface area contributed by atoms with Crippen LogP contribution in [-0.2, 0) is 4.74 Å². The highest BCUT2D eigenvalue weighted by atomic mass is 16.5. The molecule has 1 fully saturated rings. The van der Waals surface area contributed by atoms with Gasteiger partial charge in [0, 0.05) is 13.0 Å². The Morgan fingerprint density at radius 1 is 1.75 bits per heavy atom. The molecule has 0 aromatic heterocycles. The first-order chi connectivity index (χ1) is 3.83. The molecule has 1 rings (SSSR count). The van der Waals surface area contributed by atoms with Crippen molar-refractivity contribution in [2.45, 2.75) is 12.0 Å². The van der Waals surface area contributed by atoms with Crippen LogP contribution in [0, 0.1) is 0 Å². The van der Waals surface area contributed by atoms with Gasteiger partial charge in [0.15, 0.2) is 0 Å². The fourth-order valence-corrected chi connectivity index (χ4v) is 0.741. The third kappa shape index (κ3) is 0.727. The van der Waals surface area contributed by atoms with Crippen LogP contribution < -0.4 is 5.73 Å².